The van der Waals surface area contributed by atoms with Gasteiger partial charge in [-0.2, -0.15) is 0 Å². The summed E-state index contributed by atoms with van der Waals surface area (Å²) in [5.41, 5.74) is 1.04. The van der Waals surface area contributed by atoms with Gasteiger partial charge in [0.15, 0.2) is 0 Å². The van der Waals surface area contributed by atoms with Gasteiger partial charge in [-0.1, -0.05) is 11.6 Å². The molecule has 0 radical (unpaired) electrons. The van der Waals surface area contributed by atoms with Crippen LogP contribution in [0.15, 0.2) is 24.9 Å². The van der Waals surface area contributed by atoms with Crippen molar-refractivity contribution in [2.75, 3.05) is 4.90 Å². The molecule has 90 valence electrons. The summed E-state index contributed by atoms with van der Waals surface area (Å²) >= 11 is 5.88. The smallest absolute Gasteiger partial charge is 0.134 e. The van der Waals surface area contributed by atoms with Gasteiger partial charge in [0.05, 0.1) is 18.6 Å². The lowest BCUT2D eigenvalue weighted by Crippen LogP contribution is -2.31. The summed E-state index contributed by atoms with van der Waals surface area (Å²) in [5.74, 6) is 0.814. The van der Waals surface area contributed by atoms with Crippen molar-refractivity contribution < 1.29 is 0 Å². The Bertz CT molecular complexity index is 468. The predicted octanol–water partition coefficient (Wildman–Crippen LogP) is 2.27. The molecule has 1 N–H and O–H groups in total. The molecule has 0 amide bonds. The minimum absolute atomic E-state index is 0.310. The van der Waals surface area contributed by atoms with E-state index in [4.69, 9.17) is 11.6 Å². The maximum Gasteiger partial charge on any atom is 0.134 e. The van der Waals surface area contributed by atoms with Crippen molar-refractivity contribution in [1.82, 2.24) is 19.9 Å². The zero-order chi connectivity index (χ0) is 12.3. The first kappa shape index (κ1) is 11.9. The van der Waals surface area contributed by atoms with Crippen LogP contribution >= 0.6 is 11.6 Å². The molecule has 0 aliphatic heterocycles. The lowest BCUT2D eigenvalue weighted by Gasteiger charge is -2.27. The summed E-state index contributed by atoms with van der Waals surface area (Å²) in [5, 5.41) is 0.449. The maximum absolute atomic E-state index is 5.88. The van der Waals surface area contributed by atoms with Crippen molar-refractivity contribution in [3.63, 3.8) is 0 Å². The number of hydrogen-bond acceptors (Lipinski definition) is 4. The SMILES string of the molecule is CC(C)N(Cc1cnc[nH]1)c1cc(Cl)ncn1. The lowest BCUT2D eigenvalue weighted by molar-refractivity contribution is 0.664. The average Bonchev–Trinajstić information content (AvgIpc) is 2.78. The van der Waals surface area contributed by atoms with E-state index >= 15 is 0 Å². The van der Waals surface area contributed by atoms with Gasteiger partial charge >= 0.3 is 0 Å². The number of rotatable bonds is 4. The number of nitrogens with one attached hydrogen (secondary N) is 1. The minimum atomic E-state index is 0.310. The number of nitrogens with zero attached hydrogens (tertiary/aromatic N) is 4. The summed E-state index contributed by atoms with van der Waals surface area (Å²) in [6, 6.07) is 2.07. The summed E-state index contributed by atoms with van der Waals surface area (Å²) in [6.07, 6.45) is 4.94. The zero-order valence-corrected chi connectivity index (χ0v) is 10.5. The van der Waals surface area contributed by atoms with E-state index in [1.807, 2.05) is 0 Å². The molecule has 0 aliphatic carbocycles. The largest absolute Gasteiger partial charge is 0.348 e. The van der Waals surface area contributed by atoms with Crippen molar-refractivity contribution in [2.45, 2.75) is 26.4 Å². The minimum Gasteiger partial charge on any atom is -0.348 e. The first-order valence-corrected chi connectivity index (χ1v) is 5.76. The number of halogens is 1. The van der Waals surface area contributed by atoms with Crippen LogP contribution in [0, 0.1) is 0 Å². The van der Waals surface area contributed by atoms with Crippen LogP contribution in [-0.4, -0.2) is 26.0 Å². The van der Waals surface area contributed by atoms with Gasteiger partial charge in [-0.05, 0) is 13.8 Å². The van der Waals surface area contributed by atoms with Crippen molar-refractivity contribution in [3.8, 4) is 0 Å². The molecule has 0 saturated heterocycles. The van der Waals surface area contributed by atoms with Crippen molar-refractivity contribution >= 4 is 17.4 Å². The van der Waals surface area contributed by atoms with Gasteiger partial charge in [0.25, 0.3) is 0 Å². The topological polar surface area (TPSA) is 57.7 Å². The van der Waals surface area contributed by atoms with Gasteiger partial charge < -0.3 is 9.88 Å². The first-order chi connectivity index (χ1) is 8.16. The molecule has 2 aromatic rings. The number of anilines is 1. The van der Waals surface area contributed by atoms with Gasteiger partial charge in [-0.3, -0.25) is 0 Å². The number of aromatic nitrogens is 4. The van der Waals surface area contributed by atoms with E-state index in [1.54, 1.807) is 18.6 Å². The summed E-state index contributed by atoms with van der Waals surface area (Å²) < 4.78 is 0. The molecule has 17 heavy (non-hydrogen) atoms. The third-order valence-corrected chi connectivity index (χ3v) is 2.64. The molecule has 2 heterocycles. The van der Waals surface area contributed by atoms with Crippen molar-refractivity contribution in [2.24, 2.45) is 0 Å². The number of hydrogen-bond donors (Lipinski definition) is 1. The third-order valence-electron chi connectivity index (χ3n) is 2.43. The Labute approximate surface area is 105 Å². The van der Waals surface area contributed by atoms with Crippen LogP contribution in [0.4, 0.5) is 5.82 Å². The molecule has 0 fully saturated rings. The Hall–Kier alpha value is -1.62. The predicted molar refractivity (Wildman–Crippen MR) is 66.9 cm³/mol. The fourth-order valence-electron chi connectivity index (χ4n) is 1.56. The standard InChI is InChI=1S/C11H14ClN5/c1-8(2)17(5-9-4-13-6-14-9)11-3-10(12)15-7-16-11/h3-4,6-8H,5H2,1-2H3,(H,13,14). The summed E-state index contributed by atoms with van der Waals surface area (Å²) in [7, 11) is 0. The molecule has 0 saturated carbocycles. The van der Waals surface area contributed by atoms with Crippen LogP contribution in [0.1, 0.15) is 19.5 Å². The molecule has 6 heteroatoms. The van der Waals surface area contributed by atoms with Crippen LogP contribution in [0.3, 0.4) is 0 Å². The van der Waals surface area contributed by atoms with Crippen LogP contribution in [-0.2, 0) is 6.54 Å². The van der Waals surface area contributed by atoms with E-state index in [-0.39, 0.29) is 0 Å². The van der Waals surface area contributed by atoms with Gasteiger partial charge in [0.1, 0.15) is 17.3 Å². The Morgan fingerprint density at radius 3 is 2.82 bits per heavy atom. The fourth-order valence-corrected chi connectivity index (χ4v) is 1.71. The molecule has 0 aromatic carbocycles. The average molecular weight is 252 g/mol. The van der Waals surface area contributed by atoms with Gasteiger partial charge in [0, 0.05) is 18.3 Å². The van der Waals surface area contributed by atoms with E-state index in [0.717, 1.165) is 11.5 Å². The van der Waals surface area contributed by atoms with E-state index < -0.39 is 0 Å². The molecular formula is C11H14ClN5. The van der Waals surface area contributed by atoms with Crippen molar-refractivity contribution in [3.05, 3.63) is 35.8 Å². The van der Waals surface area contributed by atoms with Gasteiger partial charge in [0.2, 0.25) is 0 Å². The lowest BCUT2D eigenvalue weighted by atomic mass is 10.3. The first-order valence-electron chi connectivity index (χ1n) is 5.38. The van der Waals surface area contributed by atoms with Gasteiger partial charge in [-0.25, -0.2) is 15.0 Å². The molecule has 0 bridgehead atoms. The highest BCUT2D eigenvalue weighted by molar-refractivity contribution is 6.29. The molecule has 0 unspecified atom stereocenters. The second-order valence-corrected chi connectivity index (χ2v) is 4.38. The fraction of sp³-hybridized carbons (Fsp3) is 0.364. The van der Waals surface area contributed by atoms with Crippen LogP contribution < -0.4 is 4.90 Å². The Morgan fingerprint density at radius 1 is 1.41 bits per heavy atom. The van der Waals surface area contributed by atoms with E-state index in [2.05, 4.69) is 38.7 Å². The van der Waals surface area contributed by atoms with Crippen LogP contribution in [0.25, 0.3) is 0 Å². The van der Waals surface area contributed by atoms with Crippen molar-refractivity contribution in [1.29, 1.82) is 0 Å². The third kappa shape index (κ3) is 2.94. The van der Waals surface area contributed by atoms with E-state index in [9.17, 15) is 0 Å². The monoisotopic (exact) mass is 251 g/mol. The highest BCUT2D eigenvalue weighted by Gasteiger charge is 2.13. The molecule has 0 spiro atoms. The molecule has 0 aliphatic rings. The normalized spacial score (nSPS) is 10.8. The van der Waals surface area contributed by atoms with Gasteiger partial charge in [-0.15, -0.1) is 0 Å². The summed E-state index contributed by atoms with van der Waals surface area (Å²) in [6.45, 7) is 4.92. The summed E-state index contributed by atoms with van der Waals surface area (Å²) in [4.78, 5) is 17.3. The second kappa shape index (κ2) is 5.14. The van der Waals surface area contributed by atoms with Crippen LogP contribution in [0.2, 0.25) is 5.15 Å². The molecule has 5 nitrogen and oxygen atoms in total. The zero-order valence-electron chi connectivity index (χ0n) is 9.76. The van der Waals surface area contributed by atoms with E-state index in [1.165, 1.54) is 6.33 Å². The molecule has 2 rings (SSSR count). The molecular weight excluding hydrogens is 238 g/mol. The van der Waals surface area contributed by atoms with Crippen LogP contribution in [0.5, 0.6) is 0 Å². The number of imidazole rings is 1. The molecule has 2 aromatic heterocycles. The quantitative estimate of drug-likeness (QED) is 0.847. The highest BCUT2D eigenvalue weighted by atomic mass is 35.5. The Morgan fingerprint density at radius 2 is 2.24 bits per heavy atom. The number of aromatic amines is 1. The highest BCUT2D eigenvalue weighted by Crippen LogP contribution is 2.18. The molecule has 0 atom stereocenters. The Balaban J connectivity index is 2.23. The number of H-pyrrole nitrogens is 1. The maximum atomic E-state index is 5.88. The Kier molecular flexibility index (Phi) is 3.58. The second-order valence-electron chi connectivity index (χ2n) is 4.00. The van der Waals surface area contributed by atoms with E-state index in [0.29, 0.717) is 17.7 Å².